The second kappa shape index (κ2) is 46.5. The Bertz CT molecular complexity index is 2370. The summed E-state index contributed by atoms with van der Waals surface area (Å²) in [6.07, 6.45) is 20.3. The molecular formula is C57H101N19O12. The van der Waals surface area contributed by atoms with Crippen molar-refractivity contribution in [2.75, 3.05) is 80.3 Å². The summed E-state index contributed by atoms with van der Waals surface area (Å²) in [5.41, 5.74) is 22.5. The Kier molecular flexibility index (Phi) is 40.4. The molecule has 1 aliphatic rings. The number of unbranched alkanes of at least 4 members (excludes halogenated alkanes) is 13. The molecule has 0 spiro atoms. The van der Waals surface area contributed by atoms with E-state index in [-0.39, 0.29) is 58.1 Å². The third kappa shape index (κ3) is 36.5. The van der Waals surface area contributed by atoms with Crippen LogP contribution in [0.15, 0.2) is 21.8 Å². The van der Waals surface area contributed by atoms with Gasteiger partial charge in [0, 0.05) is 77.1 Å². The van der Waals surface area contributed by atoms with Crippen LogP contribution in [0.4, 0.5) is 0 Å². The van der Waals surface area contributed by atoms with Gasteiger partial charge < -0.3 is 79.4 Å². The summed E-state index contributed by atoms with van der Waals surface area (Å²) in [6.45, 7) is 1.18. The molecule has 0 fully saturated rings. The molecule has 0 radical (unpaired) electrons. The number of ether oxygens (including phenoxy) is 2. The summed E-state index contributed by atoms with van der Waals surface area (Å²) in [5, 5.41) is 32.2. The number of hydrogen-bond acceptors (Lipinski definition) is 18. The highest BCUT2D eigenvalue weighted by atomic mass is 16.5. The Balaban J connectivity index is 1.96. The maximum Gasteiger partial charge on any atom is 0.246 e. The molecule has 496 valence electrons. The monoisotopic (exact) mass is 1240 g/mol. The number of likely N-dealkylation sites (N-methyl/N-ethyl adjacent to an activating group) is 2. The summed E-state index contributed by atoms with van der Waals surface area (Å²) in [5.74, 6) is -6.91. The number of nitrogens with zero attached hydrogens (tertiary/aromatic N) is 7. The van der Waals surface area contributed by atoms with E-state index in [1.54, 1.807) is 31.3 Å². The number of rotatable bonds is 52. The van der Waals surface area contributed by atoms with Crippen molar-refractivity contribution in [2.45, 2.75) is 191 Å². The summed E-state index contributed by atoms with van der Waals surface area (Å²) in [4.78, 5) is 144. The Hall–Kier alpha value is -7.67. The number of allylic oxidation sites excluding steroid dienone is 1. The van der Waals surface area contributed by atoms with Crippen LogP contribution in [-0.4, -0.2) is 212 Å². The van der Waals surface area contributed by atoms with Gasteiger partial charge in [-0.1, -0.05) is 102 Å². The molecule has 16 N–H and O–H groups in total. The molecule has 0 saturated heterocycles. The van der Waals surface area contributed by atoms with E-state index in [1.807, 2.05) is 6.92 Å². The van der Waals surface area contributed by atoms with Crippen molar-refractivity contribution in [3.05, 3.63) is 17.6 Å². The minimum atomic E-state index is -1.65. The topological polar surface area (TPSA) is 463 Å². The Labute approximate surface area is 516 Å². The summed E-state index contributed by atoms with van der Waals surface area (Å²) < 4.78 is 11.0. The minimum Gasteiger partial charge on any atom is -0.377 e. The number of aromatic nitrogens is 4. The standard InChI is InChI=1S/C57H101N19O12/c1-5-6-22-41(52(82)62-2)66-50(80)38-76(32-31-75(3)4)56(86)44(36-40-21-20-29-63-40)69-54(84)43(26-28-47(59)78)68-55(85)45(37-65-57(60)61)70-53(83)42(25-27-46(58)77)67-51(81)39-88-35-34-87-33-30-64-49(79)24-19-17-15-13-11-9-7-8-10-12-14-16-18-23-48-71-73-74-72-48/h21,29,41-45H,5-20,22-28,30-39H2,1-4H3,(H2,58,77)(H2,59,78)(H,62,82)(H,64,79)(H,66,80)(H,67,81)(H,68,85)(H,69,84)(H,70,83)(H4,60,61,65)(H,71,72,73,74)/t41-,42-,43-,44-,45-/m0/s1. The van der Waals surface area contributed by atoms with E-state index >= 15 is 0 Å². The Morgan fingerprint density at radius 1 is 0.625 bits per heavy atom. The number of primary amides is 2. The summed E-state index contributed by atoms with van der Waals surface area (Å²) >= 11 is 0. The van der Waals surface area contributed by atoms with Gasteiger partial charge in [-0.05, 0) is 46.2 Å². The van der Waals surface area contributed by atoms with Crippen LogP contribution in [-0.2, 0) is 63.8 Å². The first-order chi connectivity index (χ1) is 42.2. The molecule has 10 amide bonds. The van der Waals surface area contributed by atoms with E-state index in [0.717, 1.165) is 50.8 Å². The van der Waals surface area contributed by atoms with E-state index in [2.05, 4.69) is 67.8 Å². The predicted molar refractivity (Wildman–Crippen MR) is 329 cm³/mol. The molecular weight excluding hydrogens is 1140 g/mol. The molecule has 0 aliphatic carbocycles. The molecule has 5 atom stereocenters. The zero-order valence-electron chi connectivity index (χ0n) is 52.2. The molecule has 31 nitrogen and oxygen atoms in total. The second-order valence-corrected chi connectivity index (χ2v) is 21.9. The van der Waals surface area contributed by atoms with Gasteiger partial charge in [0.25, 0.3) is 0 Å². The van der Waals surface area contributed by atoms with Crippen molar-refractivity contribution in [3.63, 3.8) is 0 Å². The molecule has 31 heteroatoms. The van der Waals surface area contributed by atoms with Crippen LogP contribution in [0.25, 0.3) is 0 Å². The summed E-state index contributed by atoms with van der Waals surface area (Å²) in [6, 6.07) is -6.95. The van der Waals surface area contributed by atoms with E-state index in [9.17, 15) is 47.9 Å². The molecule has 0 bridgehead atoms. The third-order valence-electron chi connectivity index (χ3n) is 14.1. The van der Waals surface area contributed by atoms with E-state index in [1.165, 1.54) is 63.3 Å². The highest BCUT2D eigenvalue weighted by Gasteiger charge is 2.35. The van der Waals surface area contributed by atoms with Crippen LogP contribution < -0.4 is 60.2 Å². The van der Waals surface area contributed by atoms with Crippen molar-refractivity contribution in [3.8, 4) is 0 Å². The zero-order valence-corrected chi connectivity index (χ0v) is 52.2. The first-order valence-corrected chi connectivity index (χ1v) is 30.9. The van der Waals surface area contributed by atoms with Crippen LogP contribution in [0.3, 0.4) is 0 Å². The Morgan fingerprint density at radius 3 is 1.74 bits per heavy atom. The molecule has 0 saturated carbocycles. The van der Waals surface area contributed by atoms with Gasteiger partial charge >= 0.3 is 0 Å². The van der Waals surface area contributed by atoms with E-state index in [4.69, 9.17) is 32.4 Å². The van der Waals surface area contributed by atoms with Gasteiger partial charge in [-0.2, -0.15) is 5.21 Å². The van der Waals surface area contributed by atoms with Gasteiger partial charge in [-0.15, -0.1) is 10.2 Å². The number of amides is 10. The van der Waals surface area contributed by atoms with Crippen molar-refractivity contribution < 1.29 is 57.4 Å². The highest BCUT2D eigenvalue weighted by Crippen LogP contribution is 2.17. The molecule has 1 aliphatic heterocycles. The van der Waals surface area contributed by atoms with Crippen molar-refractivity contribution in [1.82, 2.24) is 67.6 Å². The SMILES string of the molecule is CCCC[C@H](NC(=O)CN(CCN(C)C)C(=O)[C@H](CC1=CCC=N1)NC(=O)[C@H](CCC(N)=O)NC(=O)[C@H](CN=C(N)N)NC(=O)[C@H](CCC(N)=O)NC(=O)COCCOCCNC(=O)CCCCCCCCCCCCCCCc1nn[nH]n1)C(=O)NC. The molecule has 2 rings (SSSR count). The van der Waals surface area contributed by atoms with Crippen molar-refractivity contribution >= 4 is 71.2 Å². The van der Waals surface area contributed by atoms with Crippen LogP contribution in [0.1, 0.15) is 160 Å². The lowest BCUT2D eigenvalue weighted by molar-refractivity contribution is -0.141. The number of hydrogen-bond donors (Lipinski definition) is 12. The van der Waals surface area contributed by atoms with Crippen molar-refractivity contribution in [1.29, 1.82) is 0 Å². The van der Waals surface area contributed by atoms with Gasteiger partial charge in [0.15, 0.2) is 11.8 Å². The lowest BCUT2D eigenvalue weighted by Crippen LogP contribution is -2.60. The Morgan fingerprint density at radius 2 is 1.18 bits per heavy atom. The second-order valence-electron chi connectivity index (χ2n) is 21.9. The number of aromatic amines is 1. The average molecular weight is 1240 g/mol. The number of aliphatic imine (C=N–C) groups is 2. The maximum absolute atomic E-state index is 14.5. The number of carbonyl (C=O) groups excluding carboxylic acids is 10. The lowest BCUT2D eigenvalue weighted by atomic mass is 10.0. The van der Waals surface area contributed by atoms with Crippen LogP contribution in [0.2, 0.25) is 0 Å². The van der Waals surface area contributed by atoms with E-state index in [0.29, 0.717) is 37.9 Å². The van der Waals surface area contributed by atoms with E-state index < -0.39 is 122 Å². The molecule has 1 aromatic heterocycles. The van der Waals surface area contributed by atoms with Gasteiger partial charge in [-0.3, -0.25) is 57.9 Å². The molecule has 2 heterocycles. The van der Waals surface area contributed by atoms with Gasteiger partial charge in [0.1, 0.15) is 36.8 Å². The quantitative estimate of drug-likeness (QED) is 0.0204. The highest BCUT2D eigenvalue weighted by molar-refractivity contribution is 5.97. The van der Waals surface area contributed by atoms with Gasteiger partial charge in [0.2, 0.25) is 59.1 Å². The van der Waals surface area contributed by atoms with Crippen LogP contribution in [0, 0.1) is 0 Å². The fourth-order valence-corrected chi connectivity index (χ4v) is 9.12. The number of nitrogens with one attached hydrogen (secondary N) is 8. The average Bonchev–Trinajstić information content (AvgIpc) is 4.29. The number of H-pyrrole nitrogens is 1. The van der Waals surface area contributed by atoms with Gasteiger partial charge in [-0.25, -0.2) is 0 Å². The zero-order chi connectivity index (χ0) is 64.9. The number of tetrazole rings is 1. The normalized spacial score (nSPS) is 13.4. The largest absolute Gasteiger partial charge is 0.377 e. The van der Waals surface area contributed by atoms with Gasteiger partial charge in [0.05, 0.1) is 32.9 Å². The fraction of sp³-hybridized carbons (Fsp3) is 0.737. The number of aryl methyl sites for hydroxylation is 1. The smallest absolute Gasteiger partial charge is 0.246 e. The first-order valence-electron chi connectivity index (χ1n) is 30.9. The number of guanidine groups is 1. The molecule has 88 heavy (non-hydrogen) atoms. The number of carbonyl (C=O) groups is 10. The van der Waals surface area contributed by atoms with Crippen LogP contribution >= 0.6 is 0 Å². The lowest BCUT2D eigenvalue weighted by Gasteiger charge is -2.30. The third-order valence-corrected chi connectivity index (χ3v) is 14.1. The van der Waals surface area contributed by atoms with Crippen molar-refractivity contribution in [2.24, 2.45) is 32.9 Å². The van der Waals surface area contributed by atoms with Crippen LogP contribution in [0.5, 0.6) is 0 Å². The maximum atomic E-state index is 14.5. The number of nitrogens with two attached hydrogens (primary N) is 4. The molecule has 0 aromatic carbocycles. The minimum absolute atomic E-state index is 0.0179. The fourth-order valence-electron chi connectivity index (χ4n) is 9.12. The molecule has 0 unspecified atom stereocenters. The molecule has 1 aromatic rings. The summed E-state index contributed by atoms with van der Waals surface area (Å²) in [7, 11) is 4.97. The first kappa shape index (κ1) is 76.4. The predicted octanol–water partition coefficient (Wildman–Crippen LogP) is -1.34.